The van der Waals surface area contributed by atoms with E-state index in [1.54, 1.807) is 4.90 Å². The lowest BCUT2D eigenvalue weighted by molar-refractivity contribution is -0.128. The molecule has 0 bridgehead atoms. The normalized spacial score (nSPS) is 17.5. The number of benzene rings is 3. The maximum atomic E-state index is 13.2. The van der Waals surface area contributed by atoms with Crippen molar-refractivity contribution in [2.45, 2.75) is 32.4 Å². The third-order valence-electron chi connectivity index (χ3n) is 5.33. The van der Waals surface area contributed by atoms with Crippen LogP contribution >= 0.6 is 11.8 Å². The Morgan fingerprint density at radius 2 is 1.78 bits per heavy atom. The summed E-state index contributed by atoms with van der Waals surface area (Å²) in [5, 5.41) is 5.23. The zero-order chi connectivity index (χ0) is 22.7. The van der Waals surface area contributed by atoms with Crippen LogP contribution in [-0.4, -0.2) is 33.7 Å². The lowest BCUT2D eigenvalue weighted by Crippen LogP contribution is -2.36. The van der Waals surface area contributed by atoms with Crippen molar-refractivity contribution in [2.75, 3.05) is 11.9 Å². The Morgan fingerprint density at radius 1 is 1.06 bits per heavy atom. The van der Waals surface area contributed by atoms with Gasteiger partial charge in [-0.25, -0.2) is 4.99 Å². The maximum Gasteiger partial charge on any atom is 0.242 e. The van der Waals surface area contributed by atoms with Crippen molar-refractivity contribution in [1.82, 2.24) is 4.90 Å². The molecule has 1 unspecified atom stereocenters. The van der Waals surface area contributed by atoms with Gasteiger partial charge in [0, 0.05) is 24.0 Å². The highest BCUT2D eigenvalue weighted by molar-refractivity contribution is 8.15. The number of rotatable bonds is 6. The second-order valence-electron chi connectivity index (χ2n) is 8.41. The molecule has 1 aliphatic heterocycles. The van der Waals surface area contributed by atoms with Gasteiger partial charge < -0.3 is 5.32 Å². The first-order chi connectivity index (χ1) is 15.4. The van der Waals surface area contributed by atoms with Gasteiger partial charge in [0.2, 0.25) is 11.8 Å². The first-order valence-electron chi connectivity index (χ1n) is 10.8. The Hall–Kier alpha value is -3.12. The van der Waals surface area contributed by atoms with Crippen LogP contribution in [0.1, 0.15) is 25.8 Å². The molecule has 5 nitrogen and oxygen atoms in total. The third-order valence-corrected chi connectivity index (χ3v) is 6.51. The second-order valence-corrected chi connectivity index (χ2v) is 9.58. The molecule has 3 aromatic carbocycles. The molecule has 3 aromatic rings. The number of nitrogens with one attached hydrogen (secondary N) is 1. The summed E-state index contributed by atoms with van der Waals surface area (Å²) >= 11 is 1.38. The molecule has 4 rings (SSSR count). The second kappa shape index (κ2) is 9.57. The van der Waals surface area contributed by atoms with E-state index in [1.165, 1.54) is 11.8 Å². The van der Waals surface area contributed by atoms with Crippen LogP contribution in [0.2, 0.25) is 0 Å². The fourth-order valence-electron chi connectivity index (χ4n) is 3.75. The molecule has 1 aliphatic rings. The van der Waals surface area contributed by atoms with Crippen LogP contribution in [0.3, 0.4) is 0 Å². The number of para-hydroxylation sites is 1. The predicted octanol–water partition coefficient (Wildman–Crippen LogP) is 5.76. The van der Waals surface area contributed by atoms with Crippen molar-refractivity contribution in [2.24, 2.45) is 10.9 Å². The van der Waals surface area contributed by atoms with E-state index in [9.17, 15) is 9.59 Å². The van der Waals surface area contributed by atoms with E-state index in [-0.39, 0.29) is 18.2 Å². The zero-order valence-electron chi connectivity index (χ0n) is 18.5. The summed E-state index contributed by atoms with van der Waals surface area (Å²) in [6, 6.07) is 21.6. The van der Waals surface area contributed by atoms with Gasteiger partial charge in [-0.2, -0.15) is 0 Å². The molecule has 164 valence electrons. The summed E-state index contributed by atoms with van der Waals surface area (Å²) in [6.45, 7) is 6.73. The standard InChI is InChI=1S/C26H27N3O2S/c1-17(2)16-29-25(31)23(32-26(29)28-21-13-7-4-9-18(21)3)15-24(30)27-22-14-8-11-19-10-5-6-12-20(19)22/h4-14,17,23H,15-16H2,1-3H3,(H,27,30). The van der Waals surface area contributed by atoms with E-state index in [0.29, 0.717) is 17.6 Å². The number of amidine groups is 1. The minimum absolute atomic E-state index is 0.0518. The highest BCUT2D eigenvalue weighted by atomic mass is 32.2. The summed E-state index contributed by atoms with van der Waals surface area (Å²) < 4.78 is 0. The van der Waals surface area contributed by atoms with Crippen molar-refractivity contribution in [3.63, 3.8) is 0 Å². The topological polar surface area (TPSA) is 61.8 Å². The van der Waals surface area contributed by atoms with Crippen molar-refractivity contribution < 1.29 is 9.59 Å². The van der Waals surface area contributed by atoms with Crippen LogP contribution in [0.15, 0.2) is 71.7 Å². The fourth-order valence-corrected chi connectivity index (χ4v) is 4.91. The number of carbonyl (C=O) groups is 2. The average molecular weight is 446 g/mol. The fraction of sp³-hybridized carbons (Fsp3) is 0.269. The smallest absolute Gasteiger partial charge is 0.242 e. The molecule has 2 amide bonds. The van der Waals surface area contributed by atoms with Gasteiger partial charge in [-0.15, -0.1) is 0 Å². The molecule has 1 heterocycles. The van der Waals surface area contributed by atoms with E-state index in [4.69, 9.17) is 4.99 Å². The van der Waals surface area contributed by atoms with Crippen molar-refractivity contribution in [3.05, 3.63) is 72.3 Å². The van der Waals surface area contributed by atoms with Gasteiger partial charge in [-0.3, -0.25) is 14.5 Å². The largest absolute Gasteiger partial charge is 0.325 e. The van der Waals surface area contributed by atoms with Gasteiger partial charge in [-0.05, 0) is 35.9 Å². The monoisotopic (exact) mass is 445 g/mol. The Balaban J connectivity index is 1.53. The number of carbonyl (C=O) groups excluding carboxylic acids is 2. The molecule has 0 saturated carbocycles. The van der Waals surface area contributed by atoms with Crippen LogP contribution in [0.25, 0.3) is 10.8 Å². The molecule has 0 aromatic heterocycles. The molecule has 32 heavy (non-hydrogen) atoms. The van der Waals surface area contributed by atoms with Crippen LogP contribution in [0, 0.1) is 12.8 Å². The number of aryl methyl sites for hydroxylation is 1. The summed E-state index contributed by atoms with van der Waals surface area (Å²) in [4.78, 5) is 32.6. The minimum atomic E-state index is -0.480. The van der Waals surface area contributed by atoms with Crippen molar-refractivity contribution in [3.8, 4) is 0 Å². The summed E-state index contributed by atoms with van der Waals surface area (Å²) in [5.41, 5.74) is 2.66. The summed E-state index contributed by atoms with van der Waals surface area (Å²) in [6.07, 6.45) is 0.105. The number of nitrogens with zero attached hydrogens (tertiary/aromatic N) is 2. The van der Waals surface area contributed by atoms with E-state index in [2.05, 4.69) is 19.2 Å². The van der Waals surface area contributed by atoms with Gasteiger partial charge >= 0.3 is 0 Å². The lowest BCUT2D eigenvalue weighted by Gasteiger charge is -2.19. The molecule has 0 spiro atoms. The summed E-state index contributed by atoms with van der Waals surface area (Å²) in [5.74, 6) is 0.0721. The highest BCUT2D eigenvalue weighted by Crippen LogP contribution is 2.33. The molecule has 1 N–H and O–H groups in total. The number of aliphatic imine (C=N–C) groups is 1. The lowest BCUT2D eigenvalue weighted by atomic mass is 10.1. The van der Waals surface area contributed by atoms with Crippen molar-refractivity contribution in [1.29, 1.82) is 0 Å². The zero-order valence-corrected chi connectivity index (χ0v) is 19.4. The molecule has 1 fully saturated rings. The molecule has 1 atom stereocenters. The number of anilines is 1. The third kappa shape index (κ3) is 4.86. The Bertz CT molecular complexity index is 1180. The SMILES string of the molecule is Cc1ccccc1N=C1SC(CC(=O)Nc2cccc3ccccc23)C(=O)N1CC(C)C. The number of hydrogen-bond donors (Lipinski definition) is 1. The highest BCUT2D eigenvalue weighted by Gasteiger charge is 2.39. The van der Waals surface area contributed by atoms with Gasteiger partial charge in [0.05, 0.1) is 5.69 Å². The maximum absolute atomic E-state index is 13.2. The predicted molar refractivity (Wildman–Crippen MR) is 133 cm³/mol. The molecule has 1 saturated heterocycles. The Morgan fingerprint density at radius 3 is 2.56 bits per heavy atom. The molecule has 0 aliphatic carbocycles. The molecule has 6 heteroatoms. The van der Waals surface area contributed by atoms with Crippen molar-refractivity contribution >= 4 is 50.9 Å². The van der Waals surface area contributed by atoms with E-state index in [0.717, 1.165) is 27.7 Å². The van der Waals surface area contributed by atoms with E-state index < -0.39 is 5.25 Å². The first kappa shape index (κ1) is 22.1. The van der Waals surface area contributed by atoms with E-state index in [1.807, 2.05) is 73.7 Å². The number of fused-ring (bicyclic) bond motifs is 1. The first-order valence-corrected chi connectivity index (χ1v) is 11.7. The molecular weight excluding hydrogens is 418 g/mol. The van der Waals surface area contributed by atoms with Gasteiger partial charge in [0.1, 0.15) is 5.25 Å². The van der Waals surface area contributed by atoms with Crippen LogP contribution in [0.4, 0.5) is 11.4 Å². The van der Waals surface area contributed by atoms with Gasteiger partial charge in [0.25, 0.3) is 0 Å². The minimum Gasteiger partial charge on any atom is -0.325 e. The molecular formula is C26H27N3O2S. The molecule has 0 radical (unpaired) electrons. The quantitative estimate of drug-likeness (QED) is 0.524. The Labute approximate surface area is 192 Å². The summed E-state index contributed by atoms with van der Waals surface area (Å²) in [7, 11) is 0. The number of amides is 2. The van der Waals surface area contributed by atoms with Crippen LogP contribution in [-0.2, 0) is 9.59 Å². The van der Waals surface area contributed by atoms with E-state index >= 15 is 0 Å². The average Bonchev–Trinajstić information content (AvgIpc) is 3.04. The van der Waals surface area contributed by atoms with Crippen LogP contribution in [0.5, 0.6) is 0 Å². The Kier molecular flexibility index (Phi) is 6.61. The van der Waals surface area contributed by atoms with Crippen LogP contribution < -0.4 is 5.32 Å². The number of thioether (sulfide) groups is 1. The number of hydrogen-bond acceptors (Lipinski definition) is 4. The van der Waals surface area contributed by atoms with Gasteiger partial charge in [-0.1, -0.05) is 80.2 Å². The van der Waals surface area contributed by atoms with Gasteiger partial charge in [0.15, 0.2) is 5.17 Å².